The highest BCUT2D eigenvalue weighted by Crippen LogP contribution is 2.19. The lowest BCUT2D eigenvalue weighted by Gasteiger charge is -2.23. The van der Waals surface area contributed by atoms with Crippen molar-refractivity contribution in [2.75, 3.05) is 13.1 Å². The molecule has 0 bridgehead atoms. The average molecular weight is 291 g/mol. The van der Waals surface area contributed by atoms with Crippen molar-refractivity contribution in [2.24, 2.45) is 7.05 Å². The van der Waals surface area contributed by atoms with E-state index in [0.717, 1.165) is 11.1 Å². The number of benzene rings is 1. The van der Waals surface area contributed by atoms with Gasteiger partial charge in [-0.05, 0) is 30.5 Å². The maximum Gasteiger partial charge on any atom is 0.123 e. The van der Waals surface area contributed by atoms with Gasteiger partial charge in [0.1, 0.15) is 11.4 Å². The Morgan fingerprint density at radius 3 is 2.62 bits per heavy atom. The largest absolute Gasteiger partial charge is 0.384 e. The van der Waals surface area contributed by atoms with Crippen LogP contribution < -0.4 is 5.32 Å². The first kappa shape index (κ1) is 15.7. The van der Waals surface area contributed by atoms with Crippen LogP contribution in [0.4, 0.5) is 4.39 Å². The number of nitrogens with one attached hydrogen (secondary N) is 1. The Hall–Kier alpha value is -1.72. The van der Waals surface area contributed by atoms with E-state index in [-0.39, 0.29) is 11.7 Å². The van der Waals surface area contributed by atoms with Crippen LogP contribution in [0.3, 0.4) is 0 Å². The second-order valence-corrected chi connectivity index (χ2v) is 5.76. The van der Waals surface area contributed by atoms with Gasteiger partial charge in [-0.3, -0.25) is 4.68 Å². The van der Waals surface area contributed by atoms with Crippen LogP contribution in [0, 0.1) is 5.82 Å². The zero-order valence-electron chi connectivity index (χ0n) is 12.7. The van der Waals surface area contributed by atoms with Gasteiger partial charge in [-0.1, -0.05) is 19.1 Å². The fraction of sp³-hybridized carbons (Fsp3) is 0.438. The number of hydrogen-bond donors (Lipinski definition) is 2. The van der Waals surface area contributed by atoms with Crippen LogP contribution in [-0.4, -0.2) is 28.0 Å². The first-order valence-electron chi connectivity index (χ1n) is 7.06. The first-order chi connectivity index (χ1) is 9.88. The molecule has 0 radical (unpaired) electrons. The average Bonchev–Trinajstić information content (AvgIpc) is 2.87. The number of aliphatic hydroxyl groups is 1. The third-order valence-corrected chi connectivity index (χ3v) is 3.69. The summed E-state index contributed by atoms with van der Waals surface area (Å²) < 4.78 is 14.6. The normalized spacial score (nSPS) is 15.7. The molecule has 0 aliphatic rings. The molecule has 0 saturated carbocycles. The molecule has 2 aromatic rings. The van der Waals surface area contributed by atoms with Crippen molar-refractivity contribution in [1.29, 1.82) is 0 Å². The molecule has 21 heavy (non-hydrogen) atoms. The third kappa shape index (κ3) is 4.12. The van der Waals surface area contributed by atoms with Crippen molar-refractivity contribution in [3.8, 4) is 0 Å². The molecule has 5 heteroatoms. The number of aromatic nitrogens is 2. The topological polar surface area (TPSA) is 50.1 Å². The Morgan fingerprint density at radius 2 is 2.05 bits per heavy atom. The fourth-order valence-corrected chi connectivity index (χ4v) is 2.24. The van der Waals surface area contributed by atoms with Crippen LogP contribution in [0.5, 0.6) is 0 Å². The van der Waals surface area contributed by atoms with Gasteiger partial charge in [0.05, 0.1) is 6.20 Å². The first-order valence-corrected chi connectivity index (χ1v) is 7.06. The Morgan fingerprint density at radius 1 is 1.38 bits per heavy atom. The minimum absolute atomic E-state index is 0.224. The van der Waals surface area contributed by atoms with Crippen LogP contribution in [0.25, 0.3) is 0 Å². The highest BCUT2D eigenvalue weighted by Gasteiger charge is 2.24. The molecule has 2 N–H and O–H groups in total. The quantitative estimate of drug-likeness (QED) is 0.857. The Kier molecular flexibility index (Phi) is 4.75. The lowest BCUT2D eigenvalue weighted by molar-refractivity contribution is 0.0568. The minimum atomic E-state index is -0.962. The number of halogens is 1. The van der Waals surface area contributed by atoms with Gasteiger partial charge in [0.25, 0.3) is 0 Å². The molecule has 0 fully saturated rings. The van der Waals surface area contributed by atoms with Crippen LogP contribution in [0.2, 0.25) is 0 Å². The molecule has 1 heterocycles. The van der Waals surface area contributed by atoms with Gasteiger partial charge >= 0.3 is 0 Å². The molecule has 2 rings (SSSR count). The SMILES string of the molecule is C[C@@H](CNC[C@@](C)(O)c1cnn(C)c1)c1ccc(F)cc1. The standard InChI is InChI=1S/C16H22FN3O/c1-12(13-4-6-15(17)7-5-13)8-18-11-16(2,21)14-9-19-20(3)10-14/h4-7,9-10,12,18,21H,8,11H2,1-3H3/t12-,16+/m0/s1. The van der Waals surface area contributed by atoms with E-state index in [1.54, 1.807) is 29.9 Å². The molecular weight excluding hydrogens is 269 g/mol. The predicted molar refractivity (Wildman–Crippen MR) is 80.5 cm³/mol. The van der Waals surface area contributed by atoms with Gasteiger partial charge < -0.3 is 10.4 Å². The van der Waals surface area contributed by atoms with E-state index >= 15 is 0 Å². The number of hydrogen-bond acceptors (Lipinski definition) is 3. The highest BCUT2D eigenvalue weighted by molar-refractivity contribution is 5.20. The summed E-state index contributed by atoms with van der Waals surface area (Å²) in [6.45, 7) is 4.98. The second-order valence-electron chi connectivity index (χ2n) is 5.76. The number of aryl methyl sites for hydroxylation is 1. The number of nitrogens with zero attached hydrogens (tertiary/aromatic N) is 2. The summed E-state index contributed by atoms with van der Waals surface area (Å²) in [5.41, 5.74) is 0.897. The molecule has 0 unspecified atom stereocenters. The van der Waals surface area contributed by atoms with Gasteiger partial charge in [0.15, 0.2) is 0 Å². The van der Waals surface area contributed by atoms with Crippen LogP contribution in [0.15, 0.2) is 36.7 Å². The van der Waals surface area contributed by atoms with Crippen molar-refractivity contribution in [3.05, 3.63) is 53.6 Å². The van der Waals surface area contributed by atoms with Gasteiger partial charge in [-0.15, -0.1) is 0 Å². The van der Waals surface area contributed by atoms with E-state index in [9.17, 15) is 9.50 Å². The lowest BCUT2D eigenvalue weighted by atomic mass is 9.98. The van der Waals surface area contributed by atoms with E-state index in [1.165, 1.54) is 12.1 Å². The highest BCUT2D eigenvalue weighted by atomic mass is 19.1. The van der Waals surface area contributed by atoms with E-state index in [2.05, 4.69) is 17.3 Å². The predicted octanol–water partition coefficient (Wildman–Crippen LogP) is 2.16. The summed E-state index contributed by atoms with van der Waals surface area (Å²) in [7, 11) is 1.82. The molecule has 4 nitrogen and oxygen atoms in total. The molecule has 1 aromatic heterocycles. The summed E-state index contributed by atoms with van der Waals surface area (Å²) in [4.78, 5) is 0. The van der Waals surface area contributed by atoms with Crippen molar-refractivity contribution in [1.82, 2.24) is 15.1 Å². The monoisotopic (exact) mass is 291 g/mol. The minimum Gasteiger partial charge on any atom is -0.384 e. The van der Waals surface area contributed by atoms with Crippen molar-refractivity contribution in [2.45, 2.75) is 25.4 Å². The molecule has 0 amide bonds. The Balaban J connectivity index is 1.87. The van der Waals surface area contributed by atoms with E-state index in [1.807, 2.05) is 13.2 Å². The molecule has 0 aliphatic carbocycles. The van der Waals surface area contributed by atoms with Gasteiger partial charge in [-0.25, -0.2) is 4.39 Å². The fourth-order valence-electron chi connectivity index (χ4n) is 2.24. The maximum atomic E-state index is 12.9. The van der Waals surface area contributed by atoms with Crippen LogP contribution in [0.1, 0.15) is 30.9 Å². The molecular formula is C16H22FN3O. The Labute approximate surface area is 124 Å². The molecule has 0 spiro atoms. The van der Waals surface area contributed by atoms with Gasteiger partial charge in [0.2, 0.25) is 0 Å². The molecule has 0 saturated heterocycles. The van der Waals surface area contributed by atoms with E-state index in [0.29, 0.717) is 13.1 Å². The zero-order valence-corrected chi connectivity index (χ0v) is 12.7. The maximum absolute atomic E-state index is 12.9. The van der Waals surface area contributed by atoms with Gasteiger partial charge in [0, 0.05) is 31.9 Å². The number of rotatable bonds is 6. The molecule has 0 aliphatic heterocycles. The van der Waals surface area contributed by atoms with E-state index in [4.69, 9.17) is 0 Å². The summed E-state index contributed by atoms with van der Waals surface area (Å²) in [5, 5.41) is 17.8. The van der Waals surface area contributed by atoms with Crippen molar-refractivity contribution < 1.29 is 9.50 Å². The molecule has 1 aromatic carbocycles. The van der Waals surface area contributed by atoms with E-state index < -0.39 is 5.60 Å². The van der Waals surface area contributed by atoms with Crippen LogP contribution >= 0.6 is 0 Å². The summed E-state index contributed by atoms with van der Waals surface area (Å²) in [5.74, 6) is 0.0220. The summed E-state index contributed by atoms with van der Waals surface area (Å²) >= 11 is 0. The zero-order chi connectivity index (χ0) is 15.5. The summed E-state index contributed by atoms with van der Waals surface area (Å²) in [6.07, 6.45) is 3.48. The molecule has 2 atom stereocenters. The smallest absolute Gasteiger partial charge is 0.123 e. The van der Waals surface area contributed by atoms with Crippen LogP contribution in [-0.2, 0) is 12.6 Å². The molecule has 114 valence electrons. The van der Waals surface area contributed by atoms with Crippen molar-refractivity contribution in [3.63, 3.8) is 0 Å². The third-order valence-electron chi connectivity index (χ3n) is 3.69. The summed E-state index contributed by atoms with van der Waals surface area (Å²) in [6, 6.07) is 6.52. The Bertz CT molecular complexity index is 577. The lowest BCUT2D eigenvalue weighted by Crippen LogP contribution is -2.36. The second kappa shape index (κ2) is 6.37. The van der Waals surface area contributed by atoms with Gasteiger partial charge in [-0.2, -0.15) is 5.10 Å². The van der Waals surface area contributed by atoms with Crippen molar-refractivity contribution >= 4 is 0 Å².